The Morgan fingerprint density at radius 3 is 1.46 bits per heavy atom. The second kappa shape index (κ2) is 10.3. The summed E-state index contributed by atoms with van der Waals surface area (Å²) in [5, 5.41) is 11.3. The molecule has 1 atom stereocenters. The van der Waals surface area contributed by atoms with E-state index in [1.165, 1.54) is 7.11 Å². The Kier molecular flexibility index (Phi) is 8.04. The molecule has 0 saturated heterocycles. The standard InChI is InChI=1S/C23H22O4.Li/c1-26-21(22(24)25)17-27-23(18-11-5-2-6-12-18,19-13-7-3-8-14-19)20-15-9-4-10-16-20;/h2-16,21H,17H2,1H3,(H,24,25);/q;+1/p-1/t21-;/m1./s1. The number of carbonyl (C=O) groups excluding carboxylic acids is 1. The van der Waals surface area contributed by atoms with Crippen LogP contribution in [0.1, 0.15) is 16.7 Å². The van der Waals surface area contributed by atoms with Gasteiger partial charge in [-0.25, -0.2) is 0 Å². The van der Waals surface area contributed by atoms with Gasteiger partial charge in [-0.05, 0) is 16.7 Å². The number of hydrogen-bond donors (Lipinski definition) is 0. The normalized spacial score (nSPS) is 12.0. The van der Waals surface area contributed by atoms with Crippen LogP contribution in [0.3, 0.4) is 0 Å². The molecule has 0 N–H and O–H groups in total. The average molecular weight is 368 g/mol. The summed E-state index contributed by atoms with van der Waals surface area (Å²) in [5.41, 5.74) is 1.72. The zero-order valence-corrected chi connectivity index (χ0v) is 16.1. The van der Waals surface area contributed by atoms with Gasteiger partial charge in [0.1, 0.15) is 11.7 Å². The maximum Gasteiger partial charge on any atom is 1.00 e. The third-order valence-electron chi connectivity index (χ3n) is 4.54. The Morgan fingerprint density at radius 2 is 1.18 bits per heavy atom. The van der Waals surface area contributed by atoms with Crippen molar-refractivity contribution >= 4 is 5.97 Å². The Hall–Kier alpha value is -2.35. The molecule has 28 heavy (non-hydrogen) atoms. The summed E-state index contributed by atoms with van der Waals surface area (Å²) in [5.74, 6) is -1.31. The Balaban J connectivity index is 0.00000280. The predicted octanol–water partition coefficient (Wildman–Crippen LogP) is -0.236. The Bertz CT molecular complexity index is 757. The number of carboxylic acids is 1. The van der Waals surface area contributed by atoms with E-state index >= 15 is 0 Å². The monoisotopic (exact) mass is 368 g/mol. The minimum atomic E-state index is -1.31. The van der Waals surface area contributed by atoms with Crippen molar-refractivity contribution in [3.8, 4) is 0 Å². The third kappa shape index (κ3) is 4.55. The fraction of sp³-hybridized carbons (Fsp3) is 0.174. The Labute approximate surface area is 177 Å². The van der Waals surface area contributed by atoms with Gasteiger partial charge in [0, 0.05) is 7.11 Å². The van der Waals surface area contributed by atoms with Gasteiger partial charge in [-0.2, -0.15) is 0 Å². The molecule has 0 fully saturated rings. The van der Waals surface area contributed by atoms with Crippen LogP contribution < -0.4 is 24.0 Å². The minimum absolute atomic E-state index is 0. The van der Waals surface area contributed by atoms with Crippen LogP contribution in [-0.4, -0.2) is 25.8 Å². The first-order valence-electron chi connectivity index (χ1n) is 8.72. The van der Waals surface area contributed by atoms with Crippen molar-refractivity contribution in [2.45, 2.75) is 11.7 Å². The topological polar surface area (TPSA) is 58.6 Å². The van der Waals surface area contributed by atoms with Crippen LogP contribution >= 0.6 is 0 Å². The molecule has 0 aliphatic rings. The molecule has 3 rings (SSSR count). The molecule has 138 valence electrons. The van der Waals surface area contributed by atoms with Crippen molar-refractivity contribution < 1.29 is 38.2 Å². The number of aliphatic carboxylic acids is 1. The van der Waals surface area contributed by atoms with Gasteiger partial charge in [0.2, 0.25) is 0 Å². The van der Waals surface area contributed by atoms with E-state index in [4.69, 9.17) is 9.47 Å². The van der Waals surface area contributed by atoms with Crippen LogP contribution in [0.15, 0.2) is 91.0 Å². The van der Waals surface area contributed by atoms with Crippen molar-refractivity contribution in [1.82, 2.24) is 0 Å². The van der Waals surface area contributed by atoms with E-state index in [0.29, 0.717) is 0 Å². The molecule has 0 spiro atoms. The van der Waals surface area contributed by atoms with Gasteiger partial charge in [0.05, 0.1) is 12.6 Å². The van der Waals surface area contributed by atoms with E-state index in [0.717, 1.165) is 16.7 Å². The van der Waals surface area contributed by atoms with Gasteiger partial charge >= 0.3 is 18.9 Å². The SMILES string of the molecule is CO[C@H](COC(c1ccccc1)(c1ccccc1)c1ccccc1)C(=O)[O-].[Li+]. The zero-order valence-electron chi connectivity index (χ0n) is 16.1. The van der Waals surface area contributed by atoms with Gasteiger partial charge < -0.3 is 19.4 Å². The smallest absolute Gasteiger partial charge is 0.547 e. The van der Waals surface area contributed by atoms with Crippen molar-refractivity contribution in [3.05, 3.63) is 108 Å². The van der Waals surface area contributed by atoms with E-state index in [1.807, 2.05) is 91.0 Å². The maximum absolute atomic E-state index is 11.3. The first kappa shape index (κ1) is 21.9. The van der Waals surface area contributed by atoms with Crippen molar-refractivity contribution in [3.63, 3.8) is 0 Å². The van der Waals surface area contributed by atoms with Gasteiger partial charge in [0.15, 0.2) is 0 Å². The number of rotatable bonds is 8. The molecular weight excluding hydrogens is 347 g/mol. The molecule has 3 aromatic carbocycles. The summed E-state index contributed by atoms with van der Waals surface area (Å²) in [4.78, 5) is 11.3. The van der Waals surface area contributed by atoms with Crippen LogP contribution in [0.25, 0.3) is 0 Å². The fourth-order valence-corrected chi connectivity index (χ4v) is 3.20. The van der Waals surface area contributed by atoms with Crippen LogP contribution in [-0.2, 0) is 19.9 Å². The number of methoxy groups -OCH3 is 1. The summed E-state index contributed by atoms with van der Waals surface area (Å²) in [6, 6.07) is 29.3. The number of benzene rings is 3. The van der Waals surface area contributed by atoms with Crippen molar-refractivity contribution in [2.75, 3.05) is 13.7 Å². The molecule has 0 aliphatic heterocycles. The maximum atomic E-state index is 11.3. The molecule has 3 aromatic rings. The summed E-state index contributed by atoms with van der Waals surface area (Å²) in [7, 11) is 1.33. The summed E-state index contributed by atoms with van der Waals surface area (Å²) < 4.78 is 11.4. The molecule has 0 unspecified atom stereocenters. The summed E-state index contributed by atoms with van der Waals surface area (Å²) in [6.07, 6.45) is -1.17. The molecule has 0 aromatic heterocycles. The van der Waals surface area contributed by atoms with Gasteiger partial charge in [-0.1, -0.05) is 91.0 Å². The number of carboxylic acid groups (broad SMARTS) is 1. The molecule has 0 heterocycles. The van der Waals surface area contributed by atoms with E-state index in [2.05, 4.69) is 0 Å². The Morgan fingerprint density at radius 1 is 0.821 bits per heavy atom. The number of ether oxygens (including phenoxy) is 2. The van der Waals surface area contributed by atoms with E-state index in [9.17, 15) is 9.90 Å². The largest absolute Gasteiger partial charge is 1.00 e. The summed E-state index contributed by atoms with van der Waals surface area (Å²) >= 11 is 0. The molecule has 0 amide bonds. The molecule has 0 radical (unpaired) electrons. The fourth-order valence-electron chi connectivity index (χ4n) is 3.20. The molecular formula is C23H21LiO4. The van der Waals surface area contributed by atoms with Crippen molar-refractivity contribution in [2.24, 2.45) is 0 Å². The predicted molar refractivity (Wildman–Crippen MR) is 101 cm³/mol. The minimum Gasteiger partial charge on any atom is -0.547 e. The second-order valence-electron chi connectivity index (χ2n) is 6.13. The number of hydrogen-bond acceptors (Lipinski definition) is 4. The first-order chi connectivity index (χ1) is 13.2. The number of carbonyl (C=O) groups is 1. The van der Waals surface area contributed by atoms with Crippen molar-refractivity contribution in [1.29, 1.82) is 0 Å². The summed E-state index contributed by atoms with van der Waals surface area (Å²) in [6.45, 7) is -0.155. The van der Waals surface area contributed by atoms with Gasteiger partial charge in [0.25, 0.3) is 0 Å². The first-order valence-corrected chi connectivity index (χ1v) is 8.72. The zero-order chi connectivity index (χ0) is 19.1. The van der Waals surface area contributed by atoms with Crippen LogP contribution in [0.4, 0.5) is 0 Å². The van der Waals surface area contributed by atoms with E-state index in [1.54, 1.807) is 0 Å². The molecule has 4 nitrogen and oxygen atoms in total. The average Bonchev–Trinajstić information content (AvgIpc) is 2.73. The van der Waals surface area contributed by atoms with Gasteiger partial charge in [-0.15, -0.1) is 0 Å². The molecule has 5 heteroatoms. The van der Waals surface area contributed by atoms with Crippen LogP contribution in [0.5, 0.6) is 0 Å². The molecule has 0 bridgehead atoms. The van der Waals surface area contributed by atoms with E-state index in [-0.39, 0.29) is 25.5 Å². The molecule has 0 saturated carbocycles. The van der Waals surface area contributed by atoms with E-state index < -0.39 is 17.7 Å². The van der Waals surface area contributed by atoms with Crippen LogP contribution in [0, 0.1) is 0 Å². The van der Waals surface area contributed by atoms with Gasteiger partial charge in [-0.3, -0.25) is 0 Å². The third-order valence-corrected chi connectivity index (χ3v) is 4.54. The van der Waals surface area contributed by atoms with Crippen LogP contribution in [0.2, 0.25) is 0 Å². The second-order valence-corrected chi connectivity index (χ2v) is 6.13. The quantitative estimate of drug-likeness (QED) is 0.407. The molecule has 0 aliphatic carbocycles.